The van der Waals surface area contributed by atoms with Gasteiger partial charge in [0.15, 0.2) is 0 Å². The first-order valence-corrected chi connectivity index (χ1v) is 6.86. The number of amides is 1. The van der Waals surface area contributed by atoms with Crippen molar-refractivity contribution in [2.45, 2.75) is 6.92 Å². The van der Waals surface area contributed by atoms with Gasteiger partial charge in [-0.3, -0.25) is 9.78 Å². The normalized spacial score (nSPS) is 10.1. The number of rotatable bonds is 4. The van der Waals surface area contributed by atoms with E-state index in [2.05, 4.69) is 26.2 Å². The summed E-state index contributed by atoms with van der Waals surface area (Å²) in [6, 6.07) is 8.58. The minimum Gasteiger partial charge on any atom is -0.455 e. The molecule has 0 saturated carbocycles. The molecule has 1 aromatic heterocycles. The molecule has 0 fully saturated rings. The van der Waals surface area contributed by atoms with Crippen molar-refractivity contribution < 1.29 is 9.53 Å². The molecule has 20 heavy (non-hydrogen) atoms. The number of ether oxygens (including phenoxy) is 1. The van der Waals surface area contributed by atoms with Crippen LogP contribution < -0.4 is 15.8 Å². The fourth-order valence-corrected chi connectivity index (χ4v) is 1.97. The number of nitrogens with zero attached hydrogens (tertiary/aromatic N) is 1. The quantitative estimate of drug-likeness (QED) is 0.842. The number of carbonyl (C=O) groups excluding carboxylic acids is 1. The van der Waals surface area contributed by atoms with Crippen LogP contribution in [-0.2, 0) is 0 Å². The van der Waals surface area contributed by atoms with Gasteiger partial charge in [0.2, 0.25) is 0 Å². The molecule has 0 aliphatic carbocycles. The van der Waals surface area contributed by atoms with Crippen LogP contribution in [0.1, 0.15) is 17.4 Å². The van der Waals surface area contributed by atoms with Gasteiger partial charge in [0.1, 0.15) is 17.2 Å². The second kappa shape index (κ2) is 6.38. The first kappa shape index (κ1) is 14.3. The molecule has 2 aromatic rings. The fraction of sp³-hybridized carbons (Fsp3) is 0.143. The predicted octanol–water partition coefficient (Wildman–Crippen LogP) is 2.97. The molecule has 5 nitrogen and oxygen atoms in total. The van der Waals surface area contributed by atoms with E-state index in [9.17, 15) is 4.79 Å². The molecule has 3 N–H and O–H groups in total. The summed E-state index contributed by atoms with van der Waals surface area (Å²) in [5.41, 5.74) is 6.68. The van der Waals surface area contributed by atoms with Crippen LogP contribution in [0.15, 0.2) is 41.0 Å². The number of nitrogen functional groups attached to an aromatic ring is 1. The molecular weight excluding hydrogens is 322 g/mol. The molecule has 1 amide bonds. The Balaban J connectivity index is 2.21. The summed E-state index contributed by atoms with van der Waals surface area (Å²) >= 11 is 3.33. The zero-order chi connectivity index (χ0) is 14.5. The maximum Gasteiger partial charge on any atom is 0.270 e. The third-order valence-corrected chi connectivity index (χ3v) is 2.99. The van der Waals surface area contributed by atoms with Crippen LogP contribution in [0, 0.1) is 0 Å². The highest BCUT2D eigenvalue weighted by molar-refractivity contribution is 9.10. The van der Waals surface area contributed by atoms with Gasteiger partial charge in [-0.1, -0.05) is 15.9 Å². The van der Waals surface area contributed by atoms with Gasteiger partial charge in [0.05, 0.1) is 5.69 Å². The number of aromatic nitrogens is 1. The van der Waals surface area contributed by atoms with E-state index in [0.717, 1.165) is 4.47 Å². The minimum atomic E-state index is -0.235. The Morgan fingerprint density at radius 2 is 2.20 bits per heavy atom. The average molecular weight is 336 g/mol. The van der Waals surface area contributed by atoms with Crippen molar-refractivity contribution in [2.75, 3.05) is 12.3 Å². The van der Waals surface area contributed by atoms with E-state index in [1.54, 1.807) is 24.3 Å². The van der Waals surface area contributed by atoms with Crippen molar-refractivity contribution in [3.05, 3.63) is 46.7 Å². The van der Waals surface area contributed by atoms with Gasteiger partial charge in [-0.25, -0.2) is 0 Å². The van der Waals surface area contributed by atoms with E-state index in [4.69, 9.17) is 10.5 Å². The predicted molar refractivity (Wildman–Crippen MR) is 80.9 cm³/mol. The van der Waals surface area contributed by atoms with Crippen LogP contribution in [0.5, 0.6) is 11.5 Å². The number of nitrogens with two attached hydrogens (primary N) is 1. The summed E-state index contributed by atoms with van der Waals surface area (Å²) in [5, 5.41) is 2.68. The Hall–Kier alpha value is -2.08. The molecule has 104 valence electrons. The topological polar surface area (TPSA) is 77.2 Å². The molecule has 0 radical (unpaired) electrons. The van der Waals surface area contributed by atoms with Crippen molar-refractivity contribution in [2.24, 2.45) is 0 Å². The van der Waals surface area contributed by atoms with Crippen LogP contribution in [-0.4, -0.2) is 17.4 Å². The highest BCUT2D eigenvalue weighted by Crippen LogP contribution is 2.29. The lowest BCUT2D eigenvalue weighted by atomic mass is 10.3. The number of hydrogen-bond acceptors (Lipinski definition) is 4. The van der Waals surface area contributed by atoms with Crippen molar-refractivity contribution in [1.82, 2.24) is 10.3 Å². The maximum atomic E-state index is 11.7. The molecule has 1 aromatic carbocycles. The van der Waals surface area contributed by atoms with Crippen LogP contribution in [0.4, 0.5) is 5.69 Å². The summed E-state index contributed by atoms with van der Waals surface area (Å²) < 4.78 is 6.54. The lowest BCUT2D eigenvalue weighted by Gasteiger charge is -2.09. The van der Waals surface area contributed by atoms with Gasteiger partial charge in [0, 0.05) is 23.3 Å². The van der Waals surface area contributed by atoms with E-state index in [1.165, 1.54) is 6.20 Å². The van der Waals surface area contributed by atoms with Crippen LogP contribution >= 0.6 is 15.9 Å². The van der Waals surface area contributed by atoms with Crippen molar-refractivity contribution in [1.29, 1.82) is 0 Å². The minimum absolute atomic E-state index is 0.235. The molecule has 0 atom stereocenters. The monoisotopic (exact) mass is 335 g/mol. The van der Waals surface area contributed by atoms with Crippen molar-refractivity contribution >= 4 is 27.5 Å². The van der Waals surface area contributed by atoms with E-state index >= 15 is 0 Å². The fourth-order valence-electron chi connectivity index (χ4n) is 1.59. The van der Waals surface area contributed by atoms with Gasteiger partial charge < -0.3 is 15.8 Å². The second-order valence-electron chi connectivity index (χ2n) is 4.02. The summed E-state index contributed by atoms with van der Waals surface area (Å²) in [7, 11) is 0. The van der Waals surface area contributed by atoms with Crippen molar-refractivity contribution in [3.8, 4) is 11.5 Å². The largest absolute Gasteiger partial charge is 0.455 e. The third-order valence-electron chi connectivity index (χ3n) is 2.50. The molecule has 0 aliphatic heterocycles. The lowest BCUT2D eigenvalue weighted by molar-refractivity contribution is 0.0950. The molecule has 0 bridgehead atoms. The number of pyridine rings is 1. The highest BCUT2D eigenvalue weighted by atomic mass is 79.9. The maximum absolute atomic E-state index is 11.7. The van der Waals surface area contributed by atoms with Gasteiger partial charge in [-0.15, -0.1) is 0 Å². The molecule has 1 heterocycles. The standard InChI is InChI=1S/C14H14BrN3O2/c1-2-17-14(19)12-8-10(5-6-18-12)20-13-4-3-9(15)7-11(13)16/h3-8H,2,16H2,1H3,(H,17,19). The van der Waals surface area contributed by atoms with Crippen molar-refractivity contribution in [3.63, 3.8) is 0 Å². The lowest BCUT2D eigenvalue weighted by Crippen LogP contribution is -2.23. The van der Waals surface area contributed by atoms with E-state index in [-0.39, 0.29) is 5.91 Å². The molecule has 0 saturated heterocycles. The highest BCUT2D eigenvalue weighted by Gasteiger charge is 2.08. The average Bonchev–Trinajstić information content (AvgIpc) is 2.43. The summed E-state index contributed by atoms with van der Waals surface area (Å²) in [4.78, 5) is 15.7. The first-order chi connectivity index (χ1) is 9.60. The molecule has 0 spiro atoms. The second-order valence-corrected chi connectivity index (χ2v) is 4.94. The van der Waals surface area contributed by atoms with Gasteiger partial charge in [0.25, 0.3) is 5.91 Å². The number of halogens is 1. The molecule has 2 rings (SSSR count). The van der Waals surface area contributed by atoms with Crippen LogP contribution in [0.25, 0.3) is 0 Å². The Bertz CT molecular complexity index is 632. The number of benzene rings is 1. The first-order valence-electron chi connectivity index (χ1n) is 6.07. The summed E-state index contributed by atoms with van der Waals surface area (Å²) in [6.45, 7) is 2.39. The number of anilines is 1. The van der Waals surface area contributed by atoms with Crippen LogP contribution in [0.2, 0.25) is 0 Å². The smallest absolute Gasteiger partial charge is 0.270 e. The summed E-state index contributed by atoms with van der Waals surface area (Å²) in [6.07, 6.45) is 1.52. The van der Waals surface area contributed by atoms with E-state index in [0.29, 0.717) is 29.4 Å². The van der Waals surface area contributed by atoms with E-state index < -0.39 is 0 Å². The van der Waals surface area contributed by atoms with Gasteiger partial charge >= 0.3 is 0 Å². The van der Waals surface area contributed by atoms with Crippen LogP contribution in [0.3, 0.4) is 0 Å². The summed E-state index contributed by atoms with van der Waals surface area (Å²) in [5.74, 6) is 0.804. The van der Waals surface area contributed by atoms with Gasteiger partial charge in [-0.05, 0) is 31.2 Å². The van der Waals surface area contributed by atoms with E-state index in [1.807, 2.05) is 13.0 Å². The number of nitrogens with one attached hydrogen (secondary N) is 1. The number of carbonyl (C=O) groups is 1. The Morgan fingerprint density at radius 1 is 1.40 bits per heavy atom. The Kier molecular flexibility index (Phi) is 4.57. The SMILES string of the molecule is CCNC(=O)c1cc(Oc2ccc(Br)cc2N)ccn1. The third kappa shape index (κ3) is 3.48. The zero-order valence-corrected chi connectivity index (χ0v) is 12.5. The molecule has 0 unspecified atom stereocenters. The number of hydrogen-bond donors (Lipinski definition) is 2. The molecular formula is C14H14BrN3O2. The zero-order valence-electron chi connectivity index (χ0n) is 10.9. The van der Waals surface area contributed by atoms with Gasteiger partial charge in [-0.2, -0.15) is 0 Å². The molecule has 6 heteroatoms. The Morgan fingerprint density at radius 3 is 2.90 bits per heavy atom. The molecule has 0 aliphatic rings. The Labute approximate surface area is 125 Å².